The van der Waals surface area contributed by atoms with E-state index in [0.717, 1.165) is 12.8 Å². The molecule has 0 heterocycles. The first-order chi connectivity index (χ1) is 9.29. The smallest absolute Gasteiger partial charge is 0.389 e. The van der Waals surface area contributed by atoms with Gasteiger partial charge in [-0.05, 0) is 25.7 Å². The molecule has 1 rings (SSSR count). The number of carbonyl (C=O) groups is 2. The summed E-state index contributed by atoms with van der Waals surface area (Å²) in [6.45, 7) is 0.305. The Morgan fingerprint density at radius 3 is 2.40 bits per heavy atom. The highest BCUT2D eigenvalue weighted by Gasteiger charge is 2.32. The van der Waals surface area contributed by atoms with E-state index >= 15 is 0 Å². The molecular formula is C12H19F3N2O3. The van der Waals surface area contributed by atoms with Gasteiger partial charge in [-0.2, -0.15) is 13.2 Å². The number of aliphatic carboxylic acids is 1. The third kappa shape index (κ3) is 7.20. The Hall–Kier alpha value is -1.47. The van der Waals surface area contributed by atoms with Crippen molar-refractivity contribution in [1.82, 2.24) is 10.2 Å². The zero-order valence-electron chi connectivity index (χ0n) is 11.1. The summed E-state index contributed by atoms with van der Waals surface area (Å²) in [6, 6.07) is -0.315. The molecule has 20 heavy (non-hydrogen) atoms. The minimum atomic E-state index is -4.16. The topological polar surface area (TPSA) is 69.6 Å². The van der Waals surface area contributed by atoms with Crippen LogP contribution >= 0.6 is 0 Å². The van der Waals surface area contributed by atoms with E-state index in [2.05, 4.69) is 5.32 Å². The average Bonchev–Trinajstić information content (AvgIpc) is 3.11. The van der Waals surface area contributed by atoms with E-state index in [4.69, 9.17) is 5.11 Å². The van der Waals surface area contributed by atoms with E-state index in [0.29, 0.717) is 0 Å². The lowest BCUT2D eigenvalue weighted by atomic mass is 10.2. The Bertz CT molecular complexity index is 343. The van der Waals surface area contributed by atoms with Gasteiger partial charge in [0.05, 0.1) is 6.42 Å². The number of rotatable bonds is 8. The van der Waals surface area contributed by atoms with Crippen LogP contribution in [0, 0.1) is 0 Å². The molecule has 0 aliphatic heterocycles. The third-order valence-corrected chi connectivity index (χ3v) is 2.98. The molecule has 2 N–H and O–H groups in total. The molecule has 0 aromatic carbocycles. The second-order valence-electron chi connectivity index (χ2n) is 4.87. The second kappa shape index (κ2) is 7.35. The Morgan fingerprint density at radius 1 is 1.25 bits per heavy atom. The van der Waals surface area contributed by atoms with Crippen LogP contribution in [0.25, 0.3) is 0 Å². The molecule has 1 fully saturated rings. The molecule has 0 atom stereocenters. The Morgan fingerprint density at radius 2 is 1.90 bits per heavy atom. The molecule has 0 saturated heterocycles. The van der Waals surface area contributed by atoms with Crippen molar-refractivity contribution in [3.8, 4) is 0 Å². The van der Waals surface area contributed by atoms with Crippen LogP contribution in [0.4, 0.5) is 18.0 Å². The molecule has 116 valence electrons. The van der Waals surface area contributed by atoms with Crippen molar-refractivity contribution in [2.75, 3.05) is 13.1 Å². The van der Waals surface area contributed by atoms with Gasteiger partial charge in [-0.25, -0.2) is 4.79 Å². The molecule has 0 bridgehead atoms. The number of amides is 2. The quantitative estimate of drug-likeness (QED) is 0.676. The summed E-state index contributed by atoms with van der Waals surface area (Å²) < 4.78 is 35.7. The lowest BCUT2D eigenvalue weighted by Gasteiger charge is -2.22. The average molecular weight is 296 g/mol. The molecule has 8 heteroatoms. The largest absolute Gasteiger partial charge is 0.481 e. The number of nitrogens with one attached hydrogen (secondary N) is 1. The highest BCUT2D eigenvalue weighted by Crippen LogP contribution is 2.27. The number of carboxylic acids is 1. The molecule has 5 nitrogen and oxygen atoms in total. The molecule has 1 aliphatic rings. The Balaban J connectivity index is 2.20. The van der Waals surface area contributed by atoms with E-state index in [1.807, 2.05) is 0 Å². The van der Waals surface area contributed by atoms with E-state index in [-0.39, 0.29) is 44.4 Å². The normalized spacial score (nSPS) is 14.9. The number of alkyl halides is 3. The SMILES string of the molecule is O=C(O)CCN(C(=O)NCCCCC(F)(F)F)C1CC1. The number of urea groups is 1. The number of unbranched alkanes of at least 4 members (excludes halogenated alkanes) is 1. The maximum Gasteiger partial charge on any atom is 0.389 e. The van der Waals surface area contributed by atoms with Gasteiger partial charge in [0.1, 0.15) is 0 Å². The lowest BCUT2D eigenvalue weighted by Crippen LogP contribution is -2.42. The van der Waals surface area contributed by atoms with E-state index in [1.54, 1.807) is 0 Å². The first-order valence-corrected chi connectivity index (χ1v) is 6.62. The van der Waals surface area contributed by atoms with E-state index < -0.39 is 18.6 Å². The van der Waals surface area contributed by atoms with Crippen LogP contribution in [0.15, 0.2) is 0 Å². The summed E-state index contributed by atoms with van der Waals surface area (Å²) in [5.41, 5.74) is 0. The van der Waals surface area contributed by atoms with Gasteiger partial charge in [-0.3, -0.25) is 4.79 Å². The molecule has 0 unspecified atom stereocenters. The Labute approximate surface area is 115 Å². The van der Waals surface area contributed by atoms with Crippen molar-refractivity contribution in [2.45, 2.75) is 50.7 Å². The van der Waals surface area contributed by atoms with Gasteiger partial charge < -0.3 is 15.3 Å². The molecule has 2 amide bonds. The maximum atomic E-state index is 11.9. The van der Waals surface area contributed by atoms with Gasteiger partial charge in [0.25, 0.3) is 0 Å². The summed E-state index contributed by atoms with van der Waals surface area (Å²) in [5, 5.41) is 11.1. The van der Waals surface area contributed by atoms with Gasteiger partial charge in [0, 0.05) is 25.6 Å². The summed E-state index contributed by atoms with van der Waals surface area (Å²) >= 11 is 0. The van der Waals surface area contributed by atoms with Crippen molar-refractivity contribution < 1.29 is 27.9 Å². The van der Waals surface area contributed by atoms with Gasteiger partial charge in [-0.1, -0.05) is 0 Å². The number of hydrogen-bond donors (Lipinski definition) is 2. The fraction of sp³-hybridized carbons (Fsp3) is 0.833. The second-order valence-corrected chi connectivity index (χ2v) is 4.87. The predicted octanol–water partition coefficient (Wildman–Crippen LogP) is 2.37. The zero-order chi connectivity index (χ0) is 15.2. The number of nitrogens with zero attached hydrogens (tertiary/aromatic N) is 1. The Kier molecular flexibility index (Phi) is 6.09. The first kappa shape index (κ1) is 16.6. The number of hydrogen-bond acceptors (Lipinski definition) is 2. The van der Waals surface area contributed by atoms with Crippen LogP contribution in [0.1, 0.15) is 38.5 Å². The van der Waals surface area contributed by atoms with Crippen molar-refractivity contribution >= 4 is 12.0 Å². The summed E-state index contributed by atoms with van der Waals surface area (Å²) in [6.07, 6.45) is -3.22. The van der Waals surface area contributed by atoms with Crippen LogP contribution in [0.3, 0.4) is 0 Å². The molecule has 1 aliphatic carbocycles. The van der Waals surface area contributed by atoms with Crippen molar-refractivity contribution in [3.63, 3.8) is 0 Å². The molecule has 1 saturated carbocycles. The van der Waals surface area contributed by atoms with Gasteiger partial charge >= 0.3 is 18.2 Å². The minimum Gasteiger partial charge on any atom is -0.481 e. The molecular weight excluding hydrogens is 277 g/mol. The molecule has 0 aromatic heterocycles. The molecule has 0 spiro atoms. The van der Waals surface area contributed by atoms with Gasteiger partial charge in [0.2, 0.25) is 0 Å². The highest BCUT2D eigenvalue weighted by molar-refractivity contribution is 5.76. The third-order valence-electron chi connectivity index (χ3n) is 2.98. The van der Waals surface area contributed by atoms with Crippen LogP contribution in [0.2, 0.25) is 0 Å². The number of carbonyl (C=O) groups excluding carboxylic acids is 1. The number of halogens is 3. The van der Waals surface area contributed by atoms with Gasteiger partial charge in [0.15, 0.2) is 0 Å². The molecule has 0 aromatic rings. The summed E-state index contributed by atoms with van der Waals surface area (Å²) in [4.78, 5) is 23.8. The monoisotopic (exact) mass is 296 g/mol. The van der Waals surface area contributed by atoms with E-state index in [1.165, 1.54) is 4.90 Å². The van der Waals surface area contributed by atoms with Crippen molar-refractivity contribution in [1.29, 1.82) is 0 Å². The maximum absolute atomic E-state index is 11.9. The highest BCUT2D eigenvalue weighted by atomic mass is 19.4. The fourth-order valence-corrected chi connectivity index (χ4v) is 1.80. The summed E-state index contributed by atoms with van der Waals surface area (Å²) in [5.74, 6) is -0.978. The molecule has 0 radical (unpaired) electrons. The first-order valence-electron chi connectivity index (χ1n) is 6.62. The lowest BCUT2D eigenvalue weighted by molar-refractivity contribution is -0.137. The number of carboxylic acid groups (broad SMARTS) is 1. The van der Waals surface area contributed by atoms with Crippen molar-refractivity contribution in [3.05, 3.63) is 0 Å². The van der Waals surface area contributed by atoms with Crippen LogP contribution in [0.5, 0.6) is 0 Å². The fourth-order valence-electron chi connectivity index (χ4n) is 1.80. The van der Waals surface area contributed by atoms with Crippen LogP contribution < -0.4 is 5.32 Å². The predicted molar refractivity (Wildman–Crippen MR) is 65.3 cm³/mol. The van der Waals surface area contributed by atoms with Crippen LogP contribution in [-0.4, -0.2) is 47.3 Å². The zero-order valence-corrected chi connectivity index (χ0v) is 11.1. The minimum absolute atomic E-state index is 0.0255. The summed E-state index contributed by atoms with van der Waals surface area (Å²) in [7, 11) is 0. The standard InChI is InChI=1S/C12H19F3N2O3/c13-12(14,15)6-1-2-7-16-11(20)17(9-3-4-9)8-5-10(18)19/h9H,1-8H2,(H,16,20)(H,18,19). The van der Waals surface area contributed by atoms with Gasteiger partial charge in [-0.15, -0.1) is 0 Å². The van der Waals surface area contributed by atoms with Crippen molar-refractivity contribution in [2.24, 2.45) is 0 Å². The van der Waals surface area contributed by atoms with Crippen LogP contribution in [-0.2, 0) is 4.79 Å². The van der Waals surface area contributed by atoms with E-state index in [9.17, 15) is 22.8 Å².